The van der Waals surface area contributed by atoms with E-state index < -0.39 is 4.86 Å². The maximum atomic E-state index is 8.64. The summed E-state index contributed by atoms with van der Waals surface area (Å²) >= 11 is 0. The van der Waals surface area contributed by atoms with E-state index in [2.05, 4.69) is 4.84 Å². The molecule has 0 aliphatic carbocycles. The number of rotatable bonds is 2. The van der Waals surface area contributed by atoms with Gasteiger partial charge in [-0.15, -0.1) is 5.84 Å². The van der Waals surface area contributed by atoms with Crippen LogP contribution in [0.3, 0.4) is 0 Å². The first-order valence-corrected chi connectivity index (χ1v) is 2.14. The molecule has 0 rings (SSSR count). The van der Waals surface area contributed by atoms with Crippen LogP contribution in [0, 0.1) is 0 Å². The molecule has 0 amide bonds. The van der Waals surface area contributed by atoms with E-state index in [1.165, 1.54) is 21.2 Å². The van der Waals surface area contributed by atoms with Gasteiger partial charge in [-0.3, -0.25) is 5.21 Å². The van der Waals surface area contributed by atoms with Crippen LogP contribution >= 0.6 is 0 Å². The lowest BCUT2D eigenvalue weighted by Crippen LogP contribution is -2.58. The van der Waals surface area contributed by atoms with Crippen molar-refractivity contribution in [3.8, 4) is 0 Å². The van der Waals surface area contributed by atoms with Gasteiger partial charge in [0.15, 0.2) is 0 Å². The quantitative estimate of drug-likeness (QED) is 0.283. The Balaban J connectivity index is 3.71. The minimum atomic E-state index is -0.486. The first-order valence-electron chi connectivity index (χ1n) is 2.14. The van der Waals surface area contributed by atoms with Crippen LogP contribution in [0.15, 0.2) is 0 Å². The Morgan fingerprint density at radius 3 is 2.12 bits per heavy atom. The number of nitrogens with zero attached hydrogens (tertiary/aromatic N) is 2. The van der Waals surface area contributed by atoms with Crippen molar-refractivity contribution < 1.29 is 14.9 Å². The molecule has 0 aliphatic rings. The van der Waals surface area contributed by atoms with E-state index >= 15 is 0 Å². The van der Waals surface area contributed by atoms with E-state index in [-0.39, 0.29) is 0 Å². The largest absolute Gasteiger partial charge is 0.265 e. The van der Waals surface area contributed by atoms with E-state index in [9.17, 15) is 0 Å². The molecule has 0 bridgehead atoms. The summed E-state index contributed by atoms with van der Waals surface area (Å²) in [6.45, 7) is 0. The van der Waals surface area contributed by atoms with Gasteiger partial charge in [0.25, 0.3) is 0 Å². The van der Waals surface area contributed by atoms with Crippen LogP contribution in [0.5, 0.6) is 0 Å². The van der Waals surface area contributed by atoms with Crippen LogP contribution < -0.4 is 5.84 Å². The van der Waals surface area contributed by atoms with Gasteiger partial charge in [-0.2, -0.15) is 4.84 Å². The van der Waals surface area contributed by atoms with E-state index in [0.717, 1.165) is 5.17 Å². The van der Waals surface area contributed by atoms with Gasteiger partial charge in [-0.05, 0) is 4.86 Å². The lowest BCUT2D eigenvalue weighted by atomic mass is 11.2. The molecule has 0 heterocycles. The minimum absolute atomic E-state index is 0.486. The second kappa shape index (κ2) is 2.38. The fourth-order valence-electron chi connectivity index (χ4n) is 0.118. The molecule has 0 aliphatic heterocycles. The monoisotopic (exact) mass is 122 g/mol. The summed E-state index contributed by atoms with van der Waals surface area (Å²) in [7, 11) is 4.27. The first-order chi connectivity index (χ1) is 3.50. The molecule has 5 heteroatoms. The molecular formula is C3H12N3O2+. The molecule has 0 aromatic rings. The number of hydrogen-bond donors (Lipinski definition) is 2. The van der Waals surface area contributed by atoms with Gasteiger partial charge in [0.05, 0.1) is 7.05 Å². The Morgan fingerprint density at radius 1 is 1.75 bits per heavy atom. The third-order valence-corrected chi connectivity index (χ3v) is 0.944. The van der Waals surface area contributed by atoms with Gasteiger partial charge in [-0.25, -0.2) is 0 Å². The number of nitrogens with two attached hydrogens (primary N) is 1. The summed E-state index contributed by atoms with van der Waals surface area (Å²) in [6.07, 6.45) is 0. The highest BCUT2D eigenvalue weighted by molar-refractivity contribution is 3.82. The highest BCUT2D eigenvalue weighted by Gasteiger charge is 2.20. The van der Waals surface area contributed by atoms with E-state index in [0.29, 0.717) is 0 Å². The lowest BCUT2D eigenvalue weighted by molar-refractivity contribution is -1.20. The first kappa shape index (κ1) is 7.80. The van der Waals surface area contributed by atoms with Gasteiger partial charge in [0, 0.05) is 5.17 Å². The molecule has 1 atom stereocenters. The third-order valence-electron chi connectivity index (χ3n) is 0.944. The number of quaternary nitrogens is 1. The summed E-state index contributed by atoms with van der Waals surface area (Å²) < 4.78 is 0. The highest BCUT2D eigenvalue weighted by atomic mass is 16.8. The van der Waals surface area contributed by atoms with Crippen LogP contribution in [-0.4, -0.2) is 36.4 Å². The zero-order chi connectivity index (χ0) is 6.78. The second-order valence-electron chi connectivity index (χ2n) is 1.62. The Kier molecular flexibility index (Phi) is 2.32. The molecule has 1 unspecified atom stereocenters. The third kappa shape index (κ3) is 1.73. The molecule has 0 radical (unpaired) electrons. The topological polar surface area (TPSA) is 58.7 Å². The van der Waals surface area contributed by atoms with Crippen LogP contribution in [0.25, 0.3) is 0 Å². The van der Waals surface area contributed by atoms with Gasteiger partial charge in [0.2, 0.25) is 0 Å². The van der Waals surface area contributed by atoms with Crippen LogP contribution in [0.1, 0.15) is 0 Å². The van der Waals surface area contributed by atoms with Gasteiger partial charge in [0.1, 0.15) is 14.2 Å². The van der Waals surface area contributed by atoms with Crippen molar-refractivity contribution in [2.45, 2.75) is 0 Å². The van der Waals surface area contributed by atoms with Crippen LogP contribution in [-0.2, 0) is 4.84 Å². The zero-order valence-electron chi connectivity index (χ0n) is 5.33. The van der Waals surface area contributed by atoms with Crippen molar-refractivity contribution >= 4 is 0 Å². The predicted molar refractivity (Wildman–Crippen MR) is 26.9 cm³/mol. The average Bonchev–Trinajstić information content (AvgIpc) is 1.67. The molecule has 0 fully saturated rings. The fraction of sp³-hybridized carbons (Fsp3) is 1.00. The van der Waals surface area contributed by atoms with E-state index in [1.807, 2.05) is 0 Å². The molecule has 5 nitrogen and oxygen atoms in total. The van der Waals surface area contributed by atoms with Gasteiger partial charge < -0.3 is 0 Å². The van der Waals surface area contributed by atoms with Gasteiger partial charge in [-0.1, -0.05) is 0 Å². The Morgan fingerprint density at radius 2 is 2.12 bits per heavy atom. The molecule has 0 spiro atoms. The van der Waals surface area contributed by atoms with Crippen molar-refractivity contribution in [2.75, 3.05) is 21.2 Å². The summed E-state index contributed by atoms with van der Waals surface area (Å²) in [5.74, 6) is 5.25. The molecule has 0 saturated heterocycles. The molecule has 3 N–H and O–H groups in total. The van der Waals surface area contributed by atoms with E-state index in [1.54, 1.807) is 0 Å². The number of hydroxylamine groups is 2. The molecular weight excluding hydrogens is 110 g/mol. The van der Waals surface area contributed by atoms with Crippen molar-refractivity contribution in [1.29, 1.82) is 0 Å². The summed E-state index contributed by atoms with van der Waals surface area (Å²) in [6, 6.07) is 0. The SMILES string of the molecule is CO[N+](C)(N)N(C)O. The average molecular weight is 122 g/mol. The highest BCUT2D eigenvalue weighted by Crippen LogP contribution is 1.91. The normalized spacial score (nSPS) is 18.8. The van der Waals surface area contributed by atoms with Crippen molar-refractivity contribution in [2.24, 2.45) is 5.84 Å². The lowest BCUT2D eigenvalue weighted by Gasteiger charge is -2.25. The number of hydrogen-bond acceptors (Lipinski definition) is 4. The minimum Gasteiger partial charge on any atom is -0.265 e. The van der Waals surface area contributed by atoms with Crippen molar-refractivity contribution in [3.05, 3.63) is 0 Å². The van der Waals surface area contributed by atoms with Crippen molar-refractivity contribution in [3.63, 3.8) is 0 Å². The van der Waals surface area contributed by atoms with Crippen LogP contribution in [0.2, 0.25) is 0 Å². The molecule has 0 saturated carbocycles. The molecule has 0 aromatic carbocycles. The van der Waals surface area contributed by atoms with E-state index in [4.69, 9.17) is 11.0 Å². The fourth-order valence-corrected chi connectivity index (χ4v) is 0.118. The maximum Gasteiger partial charge on any atom is 0.141 e. The second-order valence-corrected chi connectivity index (χ2v) is 1.62. The standard InChI is InChI=1S/C3H12N3O2/c1-5(7)6(2,4)8-3/h7H,4H2,1-3H3/q+1. The molecule has 8 heavy (non-hydrogen) atoms. The Labute approximate surface area is 48.3 Å². The maximum absolute atomic E-state index is 8.64. The Bertz CT molecular complexity index is 72.9. The zero-order valence-corrected chi connectivity index (χ0v) is 5.33. The summed E-state index contributed by atoms with van der Waals surface area (Å²) in [5, 5.41) is 9.37. The van der Waals surface area contributed by atoms with Crippen molar-refractivity contribution in [1.82, 2.24) is 5.17 Å². The smallest absolute Gasteiger partial charge is 0.141 e. The molecule has 0 aromatic heterocycles. The summed E-state index contributed by atoms with van der Waals surface area (Å²) in [4.78, 5) is 4.10. The molecule has 50 valence electrons. The van der Waals surface area contributed by atoms with Gasteiger partial charge >= 0.3 is 0 Å². The van der Waals surface area contributed by atoms with Crippen LogP contribution in [0.4, 0.5) is 0 Å². The Hall–Kier alpha value is -0.200. The summed E-state index contributed by atoms with van der Waals surface area (Å²) in [5.41, 5.74) is 0. The predicted octanol–water partition coefficient (Wildman–Crippen LogP) is -0.896.